The quantitative estimate of drug-likeness (QED) is 0.141. The van der Waals surface area contributed by atoms with Gasteiger partial charge >= 0.3 is 0 Å². The van der Waals surface area contributed by atoms with Gasteiger partial charge in [0.2, 0.25) is 0 Å². The van der Waals surface area contributed by atoms with Crippen LogP contribution >= 0.6 is 15.9 Å². The van der Waals surface area contributed by atoms with E-state index in [0.717, 1.165) is 4.47 Å². The highest BCUT2D eigenvalue weighted by Gasteiger charge is 2.45. The molecule has 0 aliphatic carbocycles. The summed E-state index contributed by atoms with van der Waals surface area (Å²) in [5, 5.41) is 21.9. The van der Waals surface area contributed by atoms with Crippen molar-refractivity contribution in [3.8, 4) is 0 Å². The van der Waals surface area contributed by atoms with Gasteiger partial charge < -0.3 is 14.7 Å². The fraction of sp³-hybridized carbons (Fsp3) is 0.304. The van der Waals surface area contributed by atoms with Gasteiger partial charge in [-0.25, -0.2) is 0 Å². The lowest BCUT2D eigenvalue weighted by atomic mass is 9.95. The minimum Gasteiger partial charge on any atom is -0.507 e. The Balaban J connectivity index is 2.02. The standard InChI is InChI=1S/C23H23BrN2O6/c1-14(2)32-13-3-12-25-20(15-4-8-17(24)9-5-15)19(22(28)23(25)29)21(27)16-6-10-18(11-7-16)26(30)31/h4-11,14,20,27H,3,12-13H2,1-2H3/t20-/m0/s1. The molecule has 0 saturated carbocycles. The van der Waals surface area contributed by atoms with E-state index in [2.05, 4.69) is 15.9 Å². The minimum atomic E-state index is -0.793. The molecule has 1 N–H and O–H groups in total. The van der Waals surface area contributed by atoms with Crippen LogP contribution < -0.4 is 0 Å². The summed E-state index contributed by atoms with van der Waals surface area (Å²) in [7, 11) is 0. The van der Waals surface area contributed by atoms with E-state index in [0.29, 0.717) is 18.6 Å². The number of hydrogen-bond acceptors (Lipinski definition) is 6. The Labute approximate surface area is 193 Å². The third-order valence-corrected chi connectivity index (χ3v) is 5.60. The molecule has 1 atom stereocenters. The van der Waals surface area contributed by atoms with E-state index >= 15 is 0 Å². The van der Waals surface area contributed by atoms with Crippen LogP contribution in [0.2, 0.25) is 0 Å². The van der Waals surface area contributed by atoms with Gasteiger partial charge in [-0.2, -0.15) is 0 Å². The number of halogens is 1. The molecule has 1 saturated heterocycles. The zero-order chi connectivity index (χ0) is 23.4. The summed E-state index contributed by atoms with van der Waals surface area (Å²) in [6.07, 6.45) is 0.574. The number of rotatable bonds is 8. The molecular weight excluding hydrogens is 480 g/mol. The number of benzene rings is 2. The van der Waals surface area contributed by atoms with Crippen molar-refractivity contribution in [3.63, 3.8) is 0 Å². The molecule has 0 unspecified atom stereocenters. The molecule has 2 aromatic carbocycles. The number of likely N-dealkylation sites (tertiary alicyclic amines) is 1. The van der Waals surface area contributed by atoms with E-state index in [-0.39, 0.29) is 35.2 Å². The third-order valence-electron chi connectivity index (χ3n) is 5.07. The van der Waals surface area contributed by atoms with E-state index in [1.165, 1.54) is 29.2 Å². The molecule has 9 heteroatoms. The fourth-order valence-corrected chi connectivity index (χ4v) is 3.82. The molecule has 32 heavy (non-hydrogen) atoms. The second-order valence-corrected chi connectivity index (χ2v) is 8.54. The molecule has 1 amide bonds. The molecule has 3 rings (SSSR count). The van der Waals surface area contributed by atoms with Gasteiger partial charge in [-0.1, -0.05) is 28.1 Å². The SMILES string of the molecule is CC(C)OCCCN1C(=O)C(=O)C(=C(O)c2ccc([N+](=O)[O-])cc2)[C@@H]1c1ccc(Br)cc1. The molecule has 2 aromatic rings. The van der Waals surface area contributed by atoms with Gasteiger partial charge in [0.05, 0.1) is 22.6 Å². The van der Waals surface area contributed by atoms with Gasteiger partial charge in [0, 0.05) is 35.3 Å². The zero-order valence-corrected chi connectivity index (χ0v) is 19.2. The zero-order valence-electron chi connectivity index (χ0n) is 17.7. The van der Waals surface area contributed by atoms with Crippen molar-refractivity contribution < 1.29 is 24.4 Å². The van der Waals surface area contributed by atoms with E-state index < -0.39 is 22.7 Å². The maximum atomic E-state index is 12.9. The highest BCUT2D eigenvalue weighted by molar-refractivity contribution is 9.10. The molecular formula is C23H23BrN2O6. The van der Waals surface area contributed by atoms with Crippen molar-refractivity contribution in [2.75, 3.05) is 13.2 Å². The maximum absolute atomic E-state index is 12.9. The number of nitro groups is 1. The van der Waals surface area contributed by atoms with Crippen LogP contribution in [0.25, 0.3) is 5.76 Å². The Bertz CT molecular complexity index is 1050. The number of nitrogens with zero attached hydrogens (tertiary/aromatic N) is 2. The normalized spacial score (nSPS) is 17.9. The van der Waals surface area contributed by atoms with Crippen molar-refractivity contribution >= 4 is 39.1 Å². The first-order chi connectivity index (χ1) is 15.2. The predicted molar refractivity (Wildman–Crippen MR) is 122 cm³/mol. The van der Waals surface area contributed by atoms with Crippen LogP contribution in [-0.4, -0.2) is 45.9 Å². The highest BCUT2D eigenvalue weighted by Crippen LogP contribution is 2.39. The molecule has 0 radical (unpaired) electrons. The molecule has 0 spiro atoms. The summed E-state index contributed by atoms with van der Waals surface area (Å²) in [5.41, 5.74) is 0.701. The first-order valence-electron chi connectivity index (χ1n) is 10.1. The Morgan fingerprint density at radius 3 is 2.34 bits per heavy atom. The predicted octanol–water partition coefficient (Wildman–Crippen LogP) is 4.59. The second-order valence-electron chi connectivity index (χ2n) is 7.62. The summed E-state index contributed by atoms with van der Waals surface area (Å²) < 4.78 is 6.38. The van der Waals surface area contributed by atoms with E-state index in [9.17, 15) is 24.8 Å². The Kier molecular flexibility index (Phi) is 7.42. The van der Waals surface area contributed by atoms with Crippen LogP contribution in [0.5, 0.6) is 0 Å². The second kappa shape index (κ2) is 10.1. The lowest BCUT2D eigenvalue weighted by molar-refractivity contribution is -0.384. The topological polar surface area (TPSA) is 110 Å². The fourth-order valence-electron chi connectivity index (χ4n) is 3.55. The van der Waals surface area contributed by atoms with Crippen molar-refractivity contribution in [2.24, 2.45) is 0 Å². The van der Waals surface area contributed by atoms with Crippen LogP contribution in [-0.2, 0) is 14.3 Å². The Hall–Kier alpha value is -3.04. The summed E-state index contributed by atoms with van der Waals surface area (Å²) in [6, 6.07) is 11.6. The van der Waals surface area contributed by atoms with Crippen molar-refractivity contribution in [1.82, 2.24) is 4.90 Å². The van der Waals surface area contributed by atoms with Gasteiger partial charge in [-0.3, -0.25) is 19.7 Å². The number of aliphatic hydroxyl groups is 1. The van der Waals surface area contributed by atoms with Crippen molar-refractivity contribution in [2.45, 2.75) is 32.4 Å². The number of ketones is 1. The van der Waals surface area contributed by atoms with Gasteiger partial charge in [0.25, 0.3) is 17.4 Å². The Morgan fingerprint density at radius 2 is 1.78 bits per heavy atom. The lowest BCUT2D eigenvalue weighted by Gasteiger charge is -2.25. The number of nitro benzene ring substituents is 1. The summed E-state index contributed by atoms with van der Waals surface area (Å²) in [5.74, 6) is -1.86. The molecule has 1 fully saturated rings. The van der Waals surface area contributed by atoms with Crippen LogP contribution in [0, 0.1) is 10.1 Å². The van der Waals surface area contributed by atoms with E-state index in [1.807, 2.05) is 13.8 Å². The smallest absolute Gasteiger partial charge is 0.295 e. The molecule has 1 heterocycles. The molecule has 1 aliphatic heterocycles. The van der Waals surface area contributed by atoms with Gasteiger partial charge in [0.1, 0.15) is 5.76 Å². The maximum Gasteiger partial charge on any atom is 0.295 e. The average molecular weight is 503 g/mol. The average Bonchev–Trinajstić information content (AvgIpc) is 3.01. The number of ether oxygens (including phenoxy) is 1. The summed E-state index contributed by atoms with van der Waals surface area (Å²) >= 11 is 3.38. The van der Waals surface area contributed by atoms with Crippen molar-refractivity contribution in [1.29, 1.82) is 0 Å². The first-order valence-corrected chi connectivity index (χ1v) is 10.9. The van der Waals surface area contributed by atoms with Gasteiger partial charge in [0.15, 0.2) is 0 Å². The number of Topliss-reactive ketones (excluding diaryl/α,β-unsaturated/α-hetero) is 1. The number of hydrogen-bond donors (Lipinski definition) is 1. The van der Waals surface area contributed by atoms with E-state index in [4.69, 9.17) is 4.74 Å². The van der Waals surface area contributed by atoms with Crippen LogP contribution in [0.1, 0.15) is 37.4 Å². The monoisotopic (exact) mass is 502 g/mol. The molecule has 1 aliphatic rings. The molecule has 0 aromatic heterocycles. The molecule has 0 bridgehead atoms. The largest absolute Gasteiger partial charge is 0.507 e. The molecule has 168 valence electrons. The Morgan fingerprint density at radius 1 is 1.16 bits per heavy atom. The van der Waals surface area contributed by atoms with Crippen LogP contribution in [0.4, 0.5) is 5.69 Å². The summed E-state index contributed by atoms with van der Waals surface area (Å²) in [4.78, 5) is 37.6. The van der Waals surface area contributed by atoms with Gasteiger partial charge in [-0.05, 0) is 50.1 Å². The highest BCUT2D eigenvalue weighted by atomic mass is 79.9. The number of carbonyl (C=O) groups is 2. The van der Waals surface area contributed by atoms with Crippen LogP contribution in [0.15, 0.2) is 58.6 Å². The minimum absolute atomic E-state index is 0.0454. The number of amides is 1. The third kappa shape index (κ3) is 5.05. The number of carbonyl (C=O) groups excluding carboxylic acids is 2. The lowest BCUT2D eigenvalue weighted by Crippen LogP contribution is -2.31. The summed E-state index contributed by atoms with van der Waals surface area (Å²) in [6.45, 7) is 4.53. The molecule has 8 nitrogen and oxygen atoms in total. The number of aliphatic hydroxyl groups excluding tert-OH is 1. The van der Waals surface area contributed by atoms with E-state index in [1.54, 1.807) is 24.3 Å². The number of non-ortho nitro benzene ring substituents is 1. The first kappa shape index (κ1) is 23.6. The van der Waals surface area contributed by atoms with Crippen LogP contribution in [0.3, 0.4) is 0 Å². The van der Waals surface area contributed by atoms with Crippen molar-refractivity contribution in [3.05, 3.63) is 79.8 Å². The van der Waals surface area contributed by atoms with Gasteiger partial charge in [-0.15, -0.1) is 0 Å².